The van der Waals surface area contributed by atoms with Gasteiger partial charge in [0.15, 0.2) is 0 Å². The van der Waals surface area contributed by atoms with Crippen molar-refractivity contribution in [1.29, 1.82) is 0 Å². The third-order valence-electron chi connectivity index (χ3n) is 4.64. The maximum atomic E-state index is 12.3. The molecule has 0 bridgehead atoms. The second-order valence-corrected chi connectivity index (χ2v) is 6.67. The SMILES string of the molecule is CCOC(=O)c1c(C)oc2ccc(OCc3cc(=O)n4cccc(C)c4n3)cc12. The normalized spacial score (nSPS) is 11.1. The number of ether oxygens (including phenoxy) is 2. The van der Waals surface area contributed by atoms with Crippen LogP contribution in [0.15, 0.2) is 51.8 Å². The molecule has 0 fully saturated rings. The Balaban J connectivity index is 1.64. The third kappa shape index (κ3) is 3.47. The molecule has 3 heterocycles. The monoisotopic (exact) mass is 392 g/mol. The van der Waals surface area contributed by atoms with Crippen LogP contribution in [0.1, 0.15) is 34.3 Å². The Kier molecular flexibility index (Phi) is 4.80. The number of fused-ring (bicyclic) bond motifs is 2. The molecular weight excluding hydrogens is 372 g/mol. The highest BCUT2D eigenvalue weighted by molar-refractivity contribution is 6.04. The highest BCUT2D eigenvalue weighted by Crippen LogP contribution is 2.30. The van der Waals surface area contributed by atoms with Crippen molar-refractivity contribution in [3.8, 4) is 5.75 Å². The minimum atomic E-state index is -0.430. The molecular formula is C22H20N2O5. The molecule has 0 radical (unpaired) electrons. The van der Waals surface area contributed by atoms with Crippen LogP contribution in [0.4, 0.5) is 0 Å². The topological polar surface area (TPSA) is 83.0 Å². The summed E-state index contributed by atoms with van der Waals surface area (Å²) in [7, 11) is 0. The Morgan fingerprint density at radius 2 is 2.03 bits per heavy atom. The Labute approximate surface area is 166 Å². The first-order chi connectivity index (χ1) is 14.0. The summed E-state index contributed by atoms with van der Waals surface area (Å²) in [5.74, 6) is 0.603. The van der Waals surface area contributed by atoms with Crippen LogP contribution in [0.3, 0.4) is 0 Å². The van der Waals surface area contributed by atoms with Crippen molar-refractivity contribution in [3.63, 3.8) is 0 Å². The highest BCUT2D eigenvalue weighted by atomic mass is 16.5. The molecule has 7 nitrogen and oxygen atoms in total. The van der Waals surface area contributed by atoms with E-state index in [2.05, 4.69) is 4.98 Å². The van der Waals surface area contributed by atoms with Crippen LogP contribution >= 0.6 is 0 Å². The zero-order valence-electron chi connectivity index (χ0n) is 16.4. The minimum Gasteiger partial charge on any atom is -0.487 e. The third-order valence-corrected chi connectivity index (χ3v) is 4.64. The van der Waals surface area contributed by atoms with E-state index in [0.29, 0.717) is 39.4 Å². The number of aromatic nitrogens is 2. The number of hydrogen-bond donors (Lipinski definition) is 0. The number of nitrogens with zero attached hydrogens (tertiary/aromatic N) is 2. The zero-order valence-corrected chi connectivity index (χ0v) is 16.4. The predicted molar refractivity (Wildman–Crippen MR) is 107 cm³/mol. The summed E-state index contributed by atoms with van der Waals surface area (Å²) in [6.07, 6.45) is 1.69. The van der Waals surface area contributed by atoms with Gasteiger partial charge >= 0.3 is 5.97 Å². The first-order valence-electron chi connectivity index (χ1n) is 9.29. The highest BCUT2D eigenvalue weighted by Gasteiger charge is 2.20. The van der Waals surface area contributed by atoms with Gasteiger partial charge in [-0.25, -0.2) is 9.78 Å². The molecule has 0 atom stereocenters. The van der Waals surface area contributed by atoms with Crippen LogP contribution in [-0.2, 0) is 11.3 Å². The number of furan rings is 1. The van der Waals surface area contributed by atoms with E-state index in [1.165, 1.54) is 10.5 Å². The molecule has 0 aliphatic rings. The Bertz CT molecular complexity index is 1290. The van der Waals surface area contributed by atoms with Gasteiger partial charge in [0.1, 0.15) is 34.9 Å². The van der Waals surface area contributed by atoms with Crippen LogP contribution in [0, 0.1) is 13.8 Å². The smallest absolute Gasteiger partial charge is 0.342 e. The van der Waals surface area contributed by atoms with Crippen molar-refractivity contribution in [2.75, 3.05) is 6.61 Å². The van der Waals surface area contributed by atoms with E-state index in [9.17, 15) is 9.59 Å². The molecule has 0 saturated heterocycles. The summed E-state index contributed by atoms with van der Waals surface area (Å²) in [5, 5.41) is 0.626. The molecule has 148 valence electrons. The van der Waals surface area contributed by atoms with Gasteiger partial charge in [-0.2, -0.15) is 0 Å². The van der Waals surface area contributed by atoms with Gasteiger partial charge in [-0.15, -0.1) is 0 Å². The molecule has 0 aliphatic carbocycles. The number of pyridine rings is 1. The molecule has 4 rings (SSSR count). The van der Waals surface area contributed by atoms with Crippen LogP contribution in [-0.4, -0.2) is 22.0 Å². The van der Waals surface area contributed by atoms with Crippen molar-refractivity contribution in [2.24, 2.45) is 0 Å². The van der Waals surface area contributed by atoms with E-state index in [4.69, 9.17) is 13.9 Å². The fraction of sp³-hybridized carbons (Fsp3) is 0.227. The van der Waals surface area contributed by atoms with Gasteiger partial charge in [0.05, 0.1) is 12.3 Å². The summed E-state index contributed by atoms with van der Waals surface area (Å²) >= 11 is 0. The molecule has 4 aromatic rings. The molecule has 0 aliphatic heterocycles. The number of hydrogen-bond acceptors (Lipinski definition) is 6. The number of aryl methyl sites for hydroxylation is 2. The lowest BCUT2D eigenvalue weighted by Crippen LogP contribution is -2.17. The van der Waals surface area contributed by atoms with Crippen LogP contribution in [0.25, 0.3) is 16.6 Å². The summed E-state index contributed by atoms with van der Waals surface area (Å²) in [4.78, 5) is 29.1. The van der Waals surface area contributed by atoms with Crippen molar-refractivity contribution in [1.82, 2.24) is 9.38 Å². The molecule has 1 aromatic carbocycles. The van der Waals surface area contributed by atoms with Gasteiger partial charge in [0, 0.05) is 17.6 Å². The van der Waals surface area contributed by atoms with Gasteiger partial charge in [0.25, 0.3) is 5.56 Å². The van der Waals surface area contributed by atoms with E-state index in [1.807, 2.05) is 19.1 Å². The van der Waals surface area contributed by atoms with E-state index >= 15 is 0 Å². The standard InChI is InChI=1S/C22H20N2O5/c1-4-27-22(26)20-14(3)29-18-8-7-16(11-17(18)20)28-12-15-10-19(25)24-9-5-6-13(2)21(24)23-15/h5-11H,4,12H2,1-3H3. The fourth-order valence-corrected chi connectivity index (χ4v) is 3.29. The summed E-state index contributed by atoms with van der Waals surface area (Å²) in [5.41, 5.74) is 2.84. The lowest BCUT2D eigenvalue weighted by atomic mass is 10.1. The van der Waals surface area contributed by atoms with Crippen molar-refractivity contribution in [2.45, 2.75) is 27.4 Å². The quantitative estimate of drug-likeness (QED) is 0.480. The van der Waals surface area contributed by atoms with Gasteiger partial charge in [-0.05, 0) is 50.6 Å². The summed E-state index contributed by atoms with van der Waals surface area (Å²) in [6, 6.07) is 10.4. The second-order valence-electron chi connectivity index (χ2n) is 6.67. The van der Waals surface area contributed by atoms with Gasteiger partial charge < -0.3 is 13.9 Å². The number of rotatable bonds is 5. The predicted octanol–water partition coefficient (Wildman–Crippen LogP) is 3.81. The molecule has 0 spiro atoms. The largest absolute Gasteiger partial charge is 0.487 e. The van der Waals surface area contributed by atoms with Crippen molar-refractivity contribution in [3.05, 3.63) is 75.5 Å². The van der Waals surface area contributed by atoms with E-state index in [-0.39, 0.29) is 18.8 Å². The van der Waals surface area contributed by atoms with E-state index < -0.39 is 5.97 Å². The van der Waals surface area contributed by atoms with E-state index in [1.54, 1.807) is 38.2 Å². The van der Waals surface area contributed by atoms with E-state index in [0.717, 1.165) is 5.56 Å². The lowest BCUT2D eigenvalue weighted by molar-refractivity contribution is 0.0526. The summed E-state index contributed by atoms with van der Waals surface area (Å²) in [6.45, 7) is 5.78. The average molecular weight is 392 g/mol. The number of carbonyl (C=O) groups is 1. The Morgan fingerprint density at radius 1 is 1.21 bits per heavy atom. The molecule has 0 unspecified atom stereocenters. The van der Waals surface area contributed by atoms with Gasteiger partial charge in [-0.3, -0.25) is 9.20 Å². The minimum absolute atomic E-state index is 0.122. The number of benzene rings is 1. The molecule has 0 amide bonds. The molecule has 29 heavy (non-hydrogen) atoms. The van der Waals surface area contributed by atoms with Crippen LogP contribution in [0.5, 0.6) is 5.75 Å². The Morgan fingerprint density at radius 3 is 2.83 bits per heavy atom. The second kappa shape index (κ2) is 7.43. The first-order valence-corrected chi connectivity index (χ1v) is 9.29. The molecule has 7 heteroatoms. The first kappa shape index (κ1) is 18.7. The lowest BCUT2D eigenvalue weighted by Gasteiger charge is -2.08. The van der Waals surface area contributed by atoms with Crippen molar-refractivity contribution >= 4 is 22.6 Å². The fourth-order valence-electron chi connectivity index (χ4n) is 3.29. The van der Waals surface area contributed by atoms with Crippen LogP contribution < -0.4 is 10.3 Å². The Hall–Kier alpha value is -3.61. The zero-order chi connectivity index (χ0) is 20.5. The van der Waals surface area contributed by atoms with Gasteiger partial charge in [-0.1, -0.05) is 6.07 Å². The maximum Gasteiger partial charge on any atom is 0.342 e. The summed E-state index contributed by atoms with van der Waals surface area (Å²) < 4.78 is 18.1. The van der Waals surface area contributed by atoms with Crippen LogP contribution in [0.2, 0.25) is 0 Å². The number of esters is 1. The average Bonchev–Trinajstić information content (AvgIpc) is 3.02. The van der Waals surface area contributed by atoms with Crippen molar-refractivity contribution < 1.29 is 18.7 Å². The molecule has 0 saturated carbocycles. The molecule has 0 N–H and O–H groups in total. The number of carbonyl (C=O) groups excluding carboxylic acids is 1. The molecule has 3 aromatic heterocycles. The van der Waals surface area contributed by atoms with Gasteiger partial charge in [0.2, 0.25) is 0 Å². The maximum absolute atomic E-state index is 12.3.